The van der Waals surface area contributed by atoms with Crippen LogP contribution in [0, 0.1) is 0 Å². The van der Waals surface area contributed by atoms with Crippen molar-refractivity contribution < 1.29 is 26.7 Å². The molecule has 0 bridgehead atoms. The van der Waals surface area contributed by atoms with Crippen LogP contribution in [0.3, 0.4) is 0 Å². The summed E-state index contributed by atoms with van der Waals surface area (Å²) in [6.07, 6.45) is -6.38. The van der Waals surface area contributed by atoms with E-state index in [1.165, 1.54) is 28.9 Å². The number of nitrogens with one attached hydrogen (secondary N) is 1. The van der Waals surface area contributed by atoms with E-state index in [-0.39, 0.29) is 42.9 Å². The molecule has 4 rings (SSSR count). The fraction of sp³-hybridized carbons (Fsp3) is 0.333. The Morgan fingerprint density at radius 1 is 1.07 bits per heavy atom. The monoisotopic (exact) mass is 633 g/mol. The summed E-state index contributed by atoms with van der Waals surface area (Å²) in [4.78, 5) is 17.6. The van der Waals surface area contributed by atoms with E-state index < -0.39 is 34.4 Å². The fourth-order valence-corrected chi connectivity index (χ4v) is 4.80. The quantitative estimate of drug-likeness (QED) is 0.240. The van der Waals surface area contributed by atoms with Gasteiger partial charge in [-0.25, -0.2) is 17.9 Å². The minimum atomic E-state index is -4.97. The molecule has 17 heteroatoms. The molecule has 0 fully saturated rings. The second-order valence-corrected chi connectivity index (χ2v) is 12.2. The third-order valence-corrected chi connectivity index (χ3v) is 7.36. The molecule has 0 radical (unpaired) electrons. The van der Waals surface area contributed by atoms with Gasteiger partial charge in [-0.05, 0) is 42.8 Å². The smallest absolute Gasteiger partial charge is 0.382 e. The van der Waals surface area contributed by atoms with Crippen LogP contribution in [0.25, 0.3) is 17.1 Å². The molecule has 1 atom stereocenters. The first-order valence-electron chi connectivity index (χ1n) is 12.0. The van der Waals surface area contributed by atoms with E-state index in [1.807, 2.05) is 0 Å². The number of hydrogen-bond acceptors (Lipinski definition) is 8. The molecule has 0 saturated heterocycles. The van der Waals surface area contributed by atoms with Crippen LogP contribution < -0.4 is 11.0 Å². The molecular formula is C24H24Cl2F3N7O4S. The number of hydrogen-bond donors (Lipinski definition) is 2. The first-order chi connectivity index (χ1) is 19.2. The van der Waals surface area contributed by atoms with Crippen LogP contribution in [-0.4, -0.2) is 73.5 Å². The lowest BCUT2D eigenvalue weighted by Crippen LogP contribution is -2.37. The zero-order chi connectivity index (χ0) is 29.9. The van der Waals surface area contributed by atoms with Crippen molar-refractivity contribution in [2.45, 2.75) is 31.8 Å². The van der Waals surface area contributed by atoms with Crippen molar-refractivity contribution in [1.82, 2.24) is 29.1 Å². The summed E-state index contributed by atoms with van der Waals surface area (Å²) in [5, 5.41) is 22.0. The van der Waals surface area contributed by atoms with Crippen molar-refractivity contribution in [2.24, 2.45) is 0 Å². The summed E-state index contributed by atoms with van der Waals surface area (Å²) in [7, 11) is -3.18. The van der Waals surface area contributed by atoms with Gasteiger partial charge in [-0.1, -0.05) is 35.3 Å². The van der Waals surface area contributed by atoms with E-state index in [1.54, 1.807) is 24.3 Å². The van der Waals surface area contributed by atoms with Gasteiger partial charge in [0.1, 0.15) is 16.4 Å². The molecule has 2 aromatic carbocycles. The molecule has 11 nitrogen and oxygen atoms in total. The van der Waals surface area contributed by atoms with Crippen LogP contribution >= 0.6 is 23.2 Å². The Kier molecular flexibility index (Phi) is 9.11. The number of sulfone groups is 1. The zero-order valence-electron chi connectivity index (χ0n) is 21.4. The molecule has 0 aliphatic rings. The predicted molar refractivity (Wildman–Crippen MR) is 147 cm³/mol. The number of aromatic nitrogens is 6. The molecule has 2 aromatic heterocycles. The van der Waals surface area contributed by atoms with Crippen LogP contribution in [-0.2, 0) is 22.9 Å². The van der Waals surface area contributed by atoms with Crippen LogP contribution in [0.15, 0.2) is 53.3 Å². The highest BCUT2D eigenvalue weighted by Crippen LogP contribution is 2.25. The highest BCUT2D eigenvalue weighted by atomic mass is 35.5. The third kappa shape index (κ3) is 7.67. The highest BCUT2D eigenvalue weighted by molar-refractivity contribution is 7.90. The largest absolute Gasteiger partial charge is 0.416 e. The number of halogens is 5. The molecule has 0 spiro atoms. The normalized spacial score (nSPS) is 13.0. The lowest BCUT2D eigenvalue weighted by molar-refractivity contribution is -0.207. The van der Waals surface area contributed by atoms with Gasteiger partial charge in [0.05, 0.1) is 23.0 Å². The zero-order valence-corrected chi connectivity index (χ0v) is 23.7. The first kappa shape index (κ1) is 30.6. The van der Waals surface area contributed by atoms with E-state index in [2.05, 4.69) is 20.5 Å². The number of benzene rings is 2. The van der Waals surface area contributed by atoms with Crippen molar-refractivity contribution >= 4 is 39.0 Å². The molecule has 41 heavy (non-hydrogen) atoms. The summed E-state index contributed by atoms with van der Waals surface area (Å²) in [5.74, 6) is 0.0670. The van der Waals surface area contributed by atoms with E-state index in [4.69, 9.17) is 23.2 Å². The molecule has 0 saturated carbocycles. The Morgan fingerprint density at radius 3 is 2.39 bits per heavy atom. The van der Waals surface area contributed by atoms with Gasteiger partial charge in [0.2, 0.25) is 5.95 Å². The molecule has 220 valence electrons. The Labute approximate surface area is 242 Å². The number of rotatable bonds is 11. The van der Waals surface area contributed by atoms with Crippen molar-refractivity contribution in [2.75, 3.05) is 23.9 Å². The first-order valence-corrected chi connectivity index (χ1v) is 14.9. The van der Waals surface area contributed by atoms with Crippen LogP contribution in [0.4, 0.5) is 19.1 Å². The number of aliphatic hydroxyl groups is 1. The molecule has 4 aromatic rings. The number of anilines is 1. The van der Waals surface area contributed by atoms with Crippen molar-refractivity contribution in [3.05, 3.63) is 74.9 Å². The highest BCUT2D eigenvalue weighted by Gasteiger charge is 2.39. The molecule has 2 N–H and O–H groups in total. The van der Waals surface area contributed by atoms with Crippen molar-refractivity contribution in [1.29, 1.82) is 0 Å². The van der Waals surface area contributed by atoms with Crippen LogP contribution in [0.2, 0.25) is 10.0 Å². The van der Waals surface area contributed by atoms with Crippen LogP contribution in [0.5, 0.6) is 0 Å². The average Bonchev–Trinajstić information content (AvgIpc) is 3.42. The van der Waals surface area contributed by atoms with Gasteiger partial charge < -0.3 is 10.4 Å². The summed E-state index contributed by atoms with van der Waals surface area (Å²) >= 11 is 12.3. The van der Waals surface area contributed by atoms with Gasteiger partial charge in [-0.15, -0.1) is 10.2 Å². The lowest BCUT2D eigenvalue weighted by atomic mass is 10.2. The number of aliphatic hydroxyl groups excluding tert-OH is 1. The molecule has 0 aliphatic carbocycles. The maximum Gasteiger partial charge on any atom is 0.416 e. The standard InChI is InChI=1S/C24H24Cl2F3N7O4S/c1-41(39,40)12-4-11-30-22-31-20(32-36(22)18-6-3-2-5-17(18)26)14-35-23(38)34(13-19(37)24(27,28)29)21(33-35)15-7-9-16(25)10-8-15/h2-3,5-10,19,37H,4,11-14H2,1H3,(H,30,31,32)/t19-/m0/s1. The van der Waals surface area contributed by atoms with Gasteiger partial charge in [-0.3, -0.25) is 4.57 Å². The van der Waals surface area contributed by atoms with E-state index in [0.717, 1.165) is 15.5 Å². The Morgan fingerprint density at radius 2 is 1.76 bits per heavy atom. The predicted octanol–water partition coefficient (Wildman–Crippen LogP) is 3.42. The fourth-order valence-electron chi connectivity index (χ4n) is 3.79. The van der Waals surface area contributed by atoms with Crippen molar-refractivity contribution in [3.63, 3.8) is 0 Å². The minimum absolute atomic E-state index is 0.0568. The number of alkyl halides is 3. The second-order valence-electron chi connectivity index (χ2n) is 9.06. The summed E-state index contributed by atoms with van der Waals surface area (Å²) in [6.45, 7) is -1.21. The van der Waals surface area contributed by atoms with E-state index >= 15 is 0 Å². The molecule has 0 amide bonds. The third-order valence-electron chi connectivity index (χ3n) is 5.76. The van der Waals surface area contributed by atoms with Gasteiger partial charge in [0, 0.05) is 23.4 Å². The molecule has 2 heterocycles. The van der Waals surface area contributed by atoms with Crippen molar-refractivity contribution in [3.8, 4) is 17.1 Å². The van der Waals surface area contributed by atoms with Crippen LogP contribution in [0.1, 0.15) is 12.2 Å². The number of para-hydroxylation sites is 1. The maximum absolute atomic E-state index is 13.2. The van der Waals surface area contributed by atoms with Gasteiger partial charge in [-0.2, -0.15) is 22.8 Å². The van der Waals surface area contributed by atoms with E-state index in [9.17, 15) is 31.5 Å². The van der Waals surface area contributed by atoms with E-state index in [0.29, 0.717) is 21.3 Å². The van der Waals surface area contributed by atoms with Gasteiger partial charge in [0.15, 0.2) is 17.8 Å². The number of nitrogens with zero attached hydrogens (tertiary/aromatic N) is 6. The summed E-state index contributed by atoms with van der Waals surface area (Å²) < 4.78 is 65.4. The maximum atomic E-state index is 13.2. The van der Waals surface area contributed by atoms with Gasteiger partial charge in [0.25, 0.3) is 0 Å². The Balaban J connectivity index is 1.71. The Hall–Kier alpha value is -3.40. The minimum Gasteiger partial charge on any atom is -0.382 e. The SMILES string of the molecule is CS(=O)(=O)CCCNc1nc(Cn2nc(-c3ccc(Cl)cc3)n(C[C@H](O)C(F)(F)F)c2=O)nn1-c1ccccc1Cl. The Bertz CT molecular complexity index is 1690. The van der Waals surface area contributed by atoms with Gasteiger partial charge >= 0.3 is 11.9 Å². The summed E-state index contributed by atoms with van der Waals surface area (Å²) in [5.41, 5.74) is -0.205. The average molecular weight is 634 g/mol. The molecule has 0 unspecified atom stereocenters. The summed E-state index contributed by atoms with van der Waals surface area (Å²) in [6, 6.07) is 12.7. The molecular weight excluding hydrogens is 610 g/mol. The molecule has 0 aliphatic heterocycles. The second kappa shape index (κ2) is 12.2. The lowest BCUT2D eigenvalue weighted by Gasteiger charge is -2.15. The topological polar surface area (TPSA) is 137 Å².